The molecule has 0 unspecified atom stereocenters. The molecule has 0 saturated heterocycles. The smallest absolute Gasteiger partial charge is 0.149 e. The standard InChI is InChI=1S/C14H17N3O/c1-4-18-13-6-5-11(7-9(13)2)12-8-10(3)14(15)17-16-12/h5-8H,4H2,1-3H3,(H2,15,17). The van der Waals surface area contributed by atoms with Gasteiger partial charge in [-0.2, -0.15) is 0 Å². The number of nitrogens with zero attached hydrogens (tertiary/aromatic N) is 2. The van der Waals surface area contributed by atoms with Crippen molar-refractivity contribution < 1.29 is 4.74 Å². The molecule has 1 aromatic heterocycles. The number of nitrogens with two attached hydrogens (primary N) is 1. The van der Waals surface area contributed by atoms with E-state index in [4.69, 9.17) is 10.5 Å². The lowest BCUT2D eigenvalue weighted by molar-refractivity contribution is 0.338. The topological polar surface area (TPSA) is 61.0 Å². The number of rotatable bonds is 3. The Hall–Kier alpha value is -2.10. The molecule has 1 heterocycles. The van der Waals surface area contributed by atoms with Crippen LogP contribution >= 0.6 is 0 Å². The van der Waals surface area contributed by atoms with E-state index in [1.54, 1.807) is 0 Å². The molecule has 0 aliphatic rings. The summed E-state index contributed by atoms with van der Waals surface area (Å²) in [6.45, 7) is 6.59. The van der Waals surface area contributed by atoms with Crippen molar-refractivity contribution in [2.24, 2.45) is 0 Å². The van der Waals surface area contributed by atoms with Crippen molar-refractivity contribution in [1.82, 2.24) is 10.2 Å². The maximum absolute atomic E-state index is 5.67. The van der Waals surface area contributed by atoms with Crippen molar-refractivity contribution in [2.75, 3.05) is 12.3 Å². The Morgan fingerprint density at radius 3 is 2.50 bits per heavy atom. The Morgan fingerprint density at radius 1 is 1.11 bits per heavy atom. The SMILES string of the molecule is CCOc1ccc(-c2cc(C)c(N)nn2)cc1C. The second kappa shape index (κ2) is 5.04. The van der Waals surface area contributed by atoms with Crippen LogP contribution in [0.25, 0.3) is 11.3 Å². The fourth-order valence-corrected chi connectivity index (χ4v) is 1.76. The molecule has 0 saturated carbocycles. The monoisotopic (exact) mass is 243 g/mol. The molecule has 94 valence electrons. The summed E-state index contributed by atoms with van der Waals surface area (Å²) in [6.07, 6.45) is 0. The second-order valence-electron chi connectivity index (χ2n) is 4.21. The molecule has 0 spiro atoms. The van der Waals surface area contributed by atoms with Gasteiger partial charge in [0.05, 0.1) is 12.3 Å². The van der Waals surface area contributed by atoms with Crippen LogP contribution in [-0.4, -0.2) is 16.8 Å². The summed E-state index contributed by atoms with van der Waals surface area (Å²) in [5, 5.41) is 8.05. The van der Waals surface area contributed by atoms with E-state index < -0.39 is 0 Å². The van der Waals surface area contributed by atoms with Crippen molar-refractivity contribution in [2.45, 2.75) is 20.8 Å². The first kappa shape index (κ1) is 12.4. The molecule has 0 radical (unpaired) electrons. The lowest BCUT2D eigenvalue weighted by Crippen LogP contribution is -1.98. The third-order valence-electron chi connectivity index (χ3n) is 2.79. The van der Waals surface area contributed by atoms with E-state index in [1.165, 1.54) is 0 Å². The quantitative estimate of drug-likeness (QED) is 0.900. The van der Waals surface area contributed by atoms with Crippen molar-refractivity contribution in [3.63, 3.8) is 0 Å². The maximum Gasteiger partial charge on any atom is 0.149 e. The van der Waals surface area contributed by atoms with Crippen LogP contribution in [0.4, 0.5) is 5.82 Å². The molecule has 0 aliphatic heterocycles. The summed E-state index contributed by atoms with van der Waals surface area (Å²) in [5.41, 5.74) is 9.54. The van der Waals surface area contributed by atoms with Crippen LogP contribution in [-0.2, 0) is 0 Å². The summed E-state index contributed by atoms with van der Waals surface area (Å²) < 4.78 is 5.51. The minimum absolute atomic E-state index is 0.474. The average Bonchev–Trinajstić information content (AvgIpc) is 2.35. The first-order valence-electron chi connectivity index (χ1n) is 5.95. The van der Waals surface area contributed by atoms with Crippen LogP contribution in [0.5, 0.6) is 5.75 Å². The minimum Gasteiger partial charge on any atom is -0.494 e. The molecular formula is C14H17N3O. The first-order valence-corrected chi connectivity index (χ1v) is 5.95. The number of nitrogen functional groups attached to an aromatic ring is 1. The largest absolute Gasteiger partial charge is 0.494 e. The maximum atomic E-state index is 5.67. The van der Waals surface area contributed by atoms with Crippen molar-refractivity contribution in [1.29, 1.82) is 0 Å². The third kappa shape index (κ3) is 2.42. The van der Waals surface area contributed by atoms with E-state index >= 15 is 0 Å². The van der Waals surface area contributed by atoms with Crippen molar-refractivity contribution in [3.8, 4) is 17.0 Å². The van der Waals surface area contributed by atoms with E-state index in [1.807, 2.05) is 45.0 Å². The Kier molecular flexibility index (Phi) is 3.46. The molecule has 2 N–H and O–H groups in total. The van der Waals surface area contributed by atoms with E-state index in [9.17, 15) is 0 Å². The molecule has 2 rings (SSSR count). The van der Waals surface area contributed by atoms with Crippen LogP contribution in [0.3, 0.4) is 0 Å². The van der Waals surface area contributed by atoms with Gasteiger partial charge in [-0.25, -0.2) is 0 Å². The number of anilines is 1. The second-order valence-corrected chi connectivity index (χ2v) is 4.21. The van der Waals surface area contributed by atoms with Crippen LogP contribution in [0.1, 0.15) is 18.1 Å². The number of aromatic nitrogens is 2. The van der Waals surface area contributed by atoms with Gasteiger partial charge in [-0.1, -0.05) is 0 Å². The van der Waals surface area contributed by atoms with Gasteiger partial charge in [-0.3, -0.25) is 0 Å². The zero-order chi connectivity index (χ0) is 13.1. The van der Waals surface area contributed by atoms with Gasteiger partial charge in [0.25, 0.3) is 0 Å². The molecule has 2 aromatic rings. The highest BCUT2D eigenvalue weighted by Crippen LogP contribution is 2.25. The predicted octanol–water partition coefficient (Wildman–Crippen LogP) is 2.74. The summed E-state index contributed by atoms with van der Waals surface area (Å²) in [7, 11) is 0. The highest BCUT2D eigenvalue weighted by atomic mass is 16.5. The van der Waals surface area contributed by atoms with E-state index in [0.717, 1.165) is 28.1 Å². The summed E-state index contributed by atoms with van der Waals surface area (Å²) >= 11 is 0. The Morgan fingerprint density at radius 2 is 1.89 bits per heavy atom. The molecule has 0 aliphatic carbocycles. The molecule has 0 fully saturated rings. The van der Waals surface area contributed by atoms with Gasteiger partial charge >= 0.3 is 0 Å². The zero-order valence-corrected chi connectivity index (χ0v) is 10.9. The zero-order valence-electron chi connectivity index (χ0n) is 10.9. The fraction of sp³-hybridized carbons (Fsp3) is 0.286. The number of ether oxygens (including phenoxy) is 1. The lowest BCUT2D eigenvalue weighted by atomic mass is 10.1. The first-order chi connectivity index (χ1) is 8.61. The number of hydrogen-bond donors (Lipinski definition) is 1. The van der Waals surface area contributed by atoms with Crippen LogP contribution in [0.2, 0.25) is 0 Å². The Balaban J connectivity index is 2.39. The van der Waals surface area contributed by atoms with Gasteiger partial charge in [-0.15, -0.1) is 10.2 Å². The molecule has 0 bridgehead atoms. The normalized spacial score (nSPS) is 10.4. The highest BCUT2D eigenvalue weighted by Gasteiger charge is 2.06. The number of benzene rings is 1. The van der Waals surface area contributed by atoms with Gasteiger partial charge in [0.1, 0.15) is 11.6 Å². The molecule has 0 amide bonds. The predicted molar refractivity (Wildman–Crippen MR) is 72.5 cm³/mol. The lowest BCUT2D eigenvalue weighted by Gasteiger charge is -2.09. The number of hydrogen-bond acceptors (Lipinski definition) is 4. The van der Waals surface area contributed by atoms with Gasteiger partial charge in [0, 0.05) is 5.56 Å². The molecule has 4 nitrogen and oxygen atoms in total. The molecule has 1 aromatic carbocycles. The Labute approximate surface area is 107 Å². The van der Waals surface area contributed by atoms with Crippen LogP contribution in [0, 0.1) is 13.8 Å². The minimum atomic E-state index is 0.474. The van der Waals surface area contributed by atoms with Crippen LogP contribution in [0.15, 0.2) is 24.3 Å². The van der Waals surface area contributed by atoms with Gasteiger partial charge in [0.2, 0.25) is 0 Å². The Bertz CT molecular complexity index is 567. The van der Waals surface area contributed by atoms with E-state index in [0.29, 0.717) is 12.4 Å². The molecule has 18 heavy (non-hydrogen) atoms. The molecular weight excluding hydrogens is 226 g/mol. The summed E-state index contributed by atoms with van der Waals surface area (Å²) in [4.78, 5) is 0. The van der Waals surface area contributed by atoms with E-state index in [2.05, 4.69) is 10.2 Å². The number of aryl methyl sites for hydroxylation is 2. The summed E-state index contributed by atoms with van der Waals surface area (Å²) in [6, 6.07) is 7.93. The van der Waals surface area contributed by atoms with Crippen molar-refractivity contribution in [3.05, 3.63) is 35.4 Å². The van der Waals surface area contributed by atoms with Gasteiger partial charge in [-0.05, 0) is 56.2 Å². The highest BCUT2D eigenvalue weighted by molar-refractivity contribution is 5.63. The van der Waals surface area contributed by atoms with E-state index in [-0.39, 0.29) is 0 Å². The average molecular weight is 243 g/mol. The van der Waals surface area contributed by atoms with Crippen molar-refractivity contribution >= 4 is 5.82 Å². The summed E-state index contributed by atoms with van der Waals surface area (Å²) in [5.74, 6) is 1.38. The molecule has 4 heteroatoms. The third-order valence-corrected chi connectivity index (χ3v) is 2.79. The fourth-order valence-electron chi connectivity index (χ4n) is 1.76. The molecule has 0 atom stereocenters. The van der Waals surface area contributed by atoms with Crippen LogP contribution < -0.4 is 10.5 Å². The van der Waals surface area contributed by atoms with Gasteiger partial charge in [0.15, 0.2) is 0 Å². The van der Waals surface area contributed by atoms with Gasteiger partial charge < -0.3 is 10.5 Å².